The highest BCUT2D eigenvalue weighted by Gasteiger charge is 2.23. The van der Waals surface area contributed by atoms with Gasteiger partial charge in [0.25, 0.3) is 5.91 Å². The van der Waals surface area contributed by atoms with Gasteiger partial charge in [-0.15, -0.1) is 0 Å². The van der Waals surface area contributed by atoms with E-state index in [1.54, 1.807) is 19.9 Å². The number of benzene rings is 1. The van der Waals surface area contributed by atoms with Gasteiger partial charge >= 0.3 is 11.8 Å². The Morgan fingerprint density at radius 1 is 1.32 bits per heavy atom. The molecule has 12 heteroatoms. The third kappa shape index (κ3) is 7.32. The number of ether oxygens (including phenoxy) is 2. The Morgan fingerprint density at radius 2 is 1.97 bits per heavy atom. The molecule has 0 unspecified atom stereocenters. The number of carbonyl (C=O) groups excluding carboxylic acids is 3. The fourth-order valence-corrected chi connectivity index (χ4v) is 2.38. The monoisotopic (exact) mass is 434 g/mol. The van der Waals surface area contributed by atoms with Gasteiger partial charge in [0.2, 0.25) is 11.7 Å². The van der Waals surface area contributed by atoms with E-state index in [1.807, 2.05) is 0 Å². The van der Waals surface area contributed by atoms with Crippen molar-refractivity contribution < 1.29 is 33.9 Å². The second-order valence-electron chi connectivity index (χ2n) is 5.97. The Labute approximate surface area is 177 Å². The number of nitrogens with one attached hydrogen (secondary N) is 1. The molecule has 1 rings (SSSR count). The molecule has 1 aromatic rings. The number of nitrogens with zero attached hydrogens (tertiary/aromatic N) is 3. The smallest absolute Gasteiger partial charge is 0.499 e. The zero-order valence-corrected chi connectivity index (χ0v) is 17.2. The summed E-state index contributed by atoms with van der Waals surface area (Å²) >= 11 is 0. The zero-order chi connectivity index (χ0) is 23.6. The molecule has 0 atom stereocenters. The van der Waals surface area contributed by atoms with Gasteiger partial charge in [-0.3, -0.25) is 19.7 Å². The van der Waals surface area contributed by atoms with Crippen molar-refractivity contribution in [3.05, 3.63) is 33.4 Å². The fraction of sp³-hybridized carbons (Fsp3) is 0.368. The van der Waals surface area contributed by atoms with Gasteiger partial charge in [-0.25, -0.2) is 4.79 Å². The highest BCUT2D eigenvalue weighted by Crippen LogP contribution is 2.38. The number of phenolic OH excluding ortho intramolecular Hbond substituents is 1. The van der Waals surface area contributed by atoms with Crippen LogP contribution >= 0.6 is 0 Å². The Morgan fingerprint density at radius 3 is 2.48 bits per heavy atom. The van der Waals surface area contributed by atoms with Crippen molar-refractivity contribution in [2.45, 2.75) is 20.8 Å². The minimum atomic E-state index is -1.28. The van der Waals surface area contributed by atoms with Crippen LogP contribution in [0.5, 0.6) is 11.5 Å². The summed E-state index contributed by atoms with van der Waals surface area (Å²) in [5, 5.41) is 33.0. The van der Waals surface area contributed by atoms with Gasteiger partial charge in [0.1, 0.15) is 18.2 Å². The molecule has 1 aromatic carbocycles. The number of rotatable bonds is 9. The number of phenols is 1. The second kappa shape index (κ2) is 11.8. The summed E-state index contributed by atoms with van der Waals surface area (Å²) in [6.07, 6.45) is -0.196. The predicted molar refractivity (Wildman–Crippen MR) is 107 cm³/mol. The molecule has 31 heavy (non-hydrogen) atoms. The summed E-state index contributed by atoms with van der Waals surface area (Å²) in [5.74, 6) is -2.45. The van der Waals surface area contributed by atoms with Crippen LogP contribution in [0.2, 0.25) is 0 Å². The molecule has 0 radical (unpaired) electrons. The number of carbonyl (C=O) groups is 3. The fourth-order valence-electron chi connectivity index (χ4n) is 2.38. The minimum absolute atomic E-state index is 0.0122. The number of hydrogen-bond acceptors (Lipinski definition) is 9. The number of nitro benzene ring substituents is 1. The second-order valence-corrected chi connectivity index (χ2v) is 5.97. The van der Waals surface area contributed by atoms with E-state index in [9.17, 15) is 34.9 Å². The van der Waals surface area contributed by atoms with E-state index in [0.29, 0.717) is 13.1 Å². The Balaban J connectivity index is 3.21. The maximum atomic E-state index is 12.4. The average molecular weight is 434 g/mol. The lowest BCUT2D eigenvalue weighted by Crippen LogP contribution is -2.31. The first-order valence-corrected chi connectivity index (χ1v) is 9.16. The van der Waals surface area contributed by atoms with Crippen LogP contribution in [-0.4, -0.2) is 59.1 Å². The molecule has 0 fully saturated rings. The molecule has 2 amide bonds. The lowest BCUT2D eigenvalue weighted by Gasteiger charge is -2.17. The van der Waals surface area contributed by atoms with Gasteiger partial charge in [0.05, 0.1) is 11.5 Å². The van der Waals surface area contributed by atoms with Gasteiger partial charge in [-0.1, -0.05) is 0 Å². The molecule has 0 bridgehead atoms. The van der Waals surface area contributed by atoms with Crippen molar-refractivity contribution in [2.75, 3.05) is 26.2 Å². The van der Waals surface area contributed by atoms with E-state index in [-0.39, 0.29) is 30.2 Å². The third-order valence-electron chi connectivity index (χ3n) is 3.88. The lowest BCUT2D eigenvalue weighted by molar-refractivity contribution is -0.385. The summed E-state index contributed by atoms with van der Waals surface area (Å²) in [6.45, 7) is 5.20. The summed E-state index contributed by atoms with van der Waals surface area (Å²) in [4.78, 5) is 46.7. The first kappa shape index (κ1) is 24.9. The topological polar surface area (TPSA) is 172 Å². The van der Waals surface area contributed by atoms with Gasteiger partial charge < -0.3 is 24.8 Å². The van der Waals surface area contributed by atoms with Crippen LogP contribution in [0.1, 0.15) is 26.3 Å². The number of aromatic hydroxyl groups is 1. The largest absolute Gasteiger partial charge is 0.514 e. The van der Waals surface area contributed by atoms with E-state index in [1.165, 1.54) is 11.8 Å². The molecule has 0 aliphatic heterocycles. The van der Waals surface area contributed by atoms with Crippen LogP contribution in [0.4, 0.5) is 10.5 Å². The third-order valence-corrected chi connectivity index (χ3v) is 3.88. The van der Waals surface area contributed by atoms with E-state index < -0.39 is 34.2 Å². The molecule has 0 aliphatic carbocycles. The number of hydrogen-bond donors (Lipinski definition) is 2. The molecule has 166 valence electrons. The highest BCUT2D eigenvalue weighted by molar-refractivity contribution is 6.01. The van der Waals surface area contributed by atoms with Crippen molar-refractivity contribution in [1.82, 2.24) is 10.2 Å². The SMILES string of the molecule is CCN(CC)C(=O)C(C#N)=Cc1cc(OC(=O)OCCNC(C)=O)c(O)c([N+](=O)[O-])c1. The summed E-state index contributed by atoms with van der Waals surface area (Å²) < 4.78 is 9.52. The number of amides is 2. The first-order chi connectivity index (χ1) is 14.6. The summed E-state index contributed by atoms with van der Waals surface area (Å²) in [7, 11) is 0. The van der Waals surface area contributed by atoms with Crippen LogP contribution in [0.25, 0.3) is 6.08 Å². The van der Waals surface area contributed by atoms with Crippen molar-refractivity contribution in [3.63, 3.8) is 0 Å². The average Bonchev–Trinajstić information content (AvgIpc) is 2.71. The van der Waals surface area contributed by atoms with Crippen molar-refractivity contribution in [3.8, 4) is 17.6 Å². The van der Waals surface area contributed by atoms with Crippen LogP contribution in [0.3, 0.4) is 0 Å². The summed E-state index contributed by atoms with van der Waals surface area (Å²) in [5.41, 5.74) is -1.13. The molecule has 0 heterocycles. The maximum absolute atomic E-state index is 12.4. The van der Waals surface area contributed by atoms with Crippen molar-refractivity contribution >= 4 is 29.7 Å². The van der Waals surface area contributed by atoms with Gasteiger partial charge in [0.15, 0.2) is 5.75 Å². The zero-order valence-electron chi connectivity index (χ0n) is 17.2. The quantitative estimate of drug-likeness (QED) is 0.112. The molecule has 12 nitrogen and oxygen atoms in total. The summed E-state index contributed by atoms with van der Waals surface area (Å²) in [6, 6.07) is 3.71. The first-order valence-electron chi connectivity index (χ1n) is 9.16. The molecule has 0 saturated heterocycles. The van der Waals surface area contributed by atoms with Gasteiger partial charge in [-0.05, 0) is 31.6 Å². The molecular formula is C19H22N4O8. The Bertz CT molecular complexity index is 932. The van der Waals surface area contributed by atoms with Crippen LogP contribution in [0.15, 0.2) is 17.7 Å². The highest BCUT2D eigenvalue weighted by atomic mass is 16.7. The molecule has 0 saturated carbocycles. The Kier molecular flexibility index (Phi) is 9.45. The van der Waals surface area contributed by atoms with E-state index in [4.69, 9.17) is 9.47 Å². The van der Waals surface area contributed by atoms with Gasteiger partial charge in [0, 0.05) is 26.1 Å². The van der Waals surface area contributed by atoms with Crippen LogP contribution in [-0.2, 0) is 14.3 Å². The maximum Gasteiger partial charge on any atom is 0.514 e. The molecule has 0 aromatic heterocycles. The molecule has 0 aliphatic rings. The van der Waals surface area contributed by atoms with E-state index in [2.05, 4.69) is 5.32 Å². The number of likely N-dealkylation sites (N-methyl/N-ethyl adjacent to an activating group) is 1. The van der Waals surface area contributed by atoms with E-state index in [0.717, 1.165) is 18.2 Å². The van der Waals surface area contributed by atoms with E-state index >= 15 is 0 Å². The minimum Gasteiger partial charge on any atom is -0.499 e. The van der Waals surface area contributed by atoms with Gasteiger partial charge in [-0.2, -0.15) is 5.26 Å². The Hall–Kier alpha value is -4.14. The predicted octanol–water partition coefficient (Wildman–Crippen LogP) is 1.73. The normalized spacial score (nSPS) is 10.6. The lowest BCUT2D eigenvalue weighted by atomic mass is 10.1. The van der Waals surface area contributed by atoms with Crippen LogP contribution < -0.4 is 10.1 Å². The standard InChI is InChI=1S/C19H22N4O8/c1-4-22(5-2)18(26)14(11-20)8-13-9-15(23(28)29)17(25)16(10-13)31-19(27)30-7-6-21-12(3)24/h8-10,25H,4-7H2,1-3H3,(H,21,24). The van der Waals surface area contributed by atoms with Crippen molar-refractivity contribution in [1.29, 1.82) is 5.26 Å². The molecule has 0 spiro atoms. The number of nitriles is 1. The number of nitro groups is 1. The van der Waals surface area contributed by atoms with Crippen molar-refractivity contribution in [2.24, 2.45) is 0 Å². The molecular weight excluding hydrogens is 412 g/mol. The van der Waals surface area contributed by atoms with Crippen LogP contribution in [0, 0.1) is 21.4 Å². The molecule has 2 N–H and O–H groups in total.